The monoisotopic (exact) mass is 388 g/mol. The summed E-state index contributed by atoms with van der Waals surface area (Å²) in [7, 11) is 0. The molecule has 0 radical (unpaired) electrons. The summed E-state index contributed by atoms with van der Waals surface area (Å²) in [6, 6.07) is 0. The van der Waals surface area contributed by atoms with Gasteiger partial charge in [0.1, 0.15) is 5.78 Å². The van der Waals surface area contributed by atoms with E-state index in [-0.39, 0.29) is 6.42 Å². The molecule has 2 heteroatoms. The first kappa shape index (κ1) is 18.2. The summed E-state index contributed by atoms with van der Waals surface area (Å²) in [5, 5.41) is 10.7. The first-order valence-corrected chi connectivity index (χ1v) is 11.7. The van der Waals surface area contributed by atoms with E-state index in [0.29, 0.717) is 53.6 Å². The van der Waals surface area contributed by atoms with Crippen molar-refractivity contribution >= 4 is 5.78 Å². The third-order valence-electron chi connectivity index (χ3n) is 9.60. The number of hydrogen-bond donors (Lipinski definition) is 1. The highest BCUT2D eigenvalue weighted by Crippen LogP contribution is 2.67. The number of hydrogen-bond acceptors (Lipinski definition) is 2. The number of Topliss-reactive ketones (excluding diaryl/α,β-unsaturated/α-hetero) is 1. The van der Waals surface area contributed by atoms with Gasteiger partial charge in [-0.05, 0) is 112 Å². The summed E-state index contributed by atoms with van der Waals surface area (Å²) < 4.78 is 18.0. The van der Waals surface area contributed by atoms with Crippen LogP contribution >= 0.6 is 0 Å². The van der Waals surface area contributed by atoms with Crippen molar-refractivity contribution in [3.8, 4) is 0 Å². The van der Waals surface area contributed by atoms with Crippen LogP contribution in [0.3, 0.4) is 0 Å². The predicted octanol–water partition coefficient (Wildman–Crippen LogP) is 6.32. The zero-order valence-electron chi connectivity index (χ0n) is 20.7. The lowest BCUT2D eigenvalue weighted by molar-refractivity contribution is -0.117. The highest BCUT2D eigenvalue weighted by atomic mass is 16.3. The predicted molar refractivity (Wildman–Crippen MR) is 115 cm³/mol. The molecule has 3 saturated carbocycles. The Morgan fingerprint density at radius 2 is 2.00 bits per heavy atom. The topological polar surface area (TPSA) is 37.3 Å². The second kappa shape index (κ2) is 6.96. The molecule has 4 aliphatic carbocycles. The smallest absolute Gasteiger partial charge is 0.129 e. The fourth-order valence-corrected chi connectivity index (χ4v) is 8.02. The number of ketones is 1. The summed E-state index contributed by atoms with van der Waals surface area (Å²) in [5.74, 6) is 3.17. The van der Waals surface area contributed by atoms with Gasteiger partial charge in [-0.15, -0.1) is 0 Å². The molecule has 4 aliphatic rings. The first-order valence-electron chi connectivity index (χ1n) is 12.7. The fraction of sp³-hybridized carbons (Fsp3) is 0.885. The Morgan fingerprint density at radius 3 is 2.71 bits per heavy atom. The third kappa shape index (κ3) is 3.22. The largest absolute Gasteiger partial charge is 0.390 e. The summed E-state index contributed by atoms with van der Waals surface area (Å²) in [4.78, 5) is 11.5. The molecule has 0 heterocycles. The Hall–Kier alpha value is -0.630. The van der Waals surface area contributed by atoms with Gasteiger partial charge < -0.3 is 9.90 Å². The molecular weight excluding hydrogens is 344 g/mol. The molecule has 0 aromatic rings. The van der Waals surface area contributed by atoms with E-state index < -0.39 is 17.4 Å². The van der Waals surface area contributed by atoms with Crippen molar-refractivity contribution < 1.29 is 12.6 Å². The van der Waals surface area contributed by atoms with Gasteiger partial charge in [-0.2, -0.15) is 0 Å². The van der Waals surface area contributed by atoms with Crippen LogP contribution in [0.1, 0.15) is 102 Å². The van der Waals surface area contributed by atoms with Gasteiger partial charge in [0, 0.05) is 9.16 Å². The Bertz CT molecular complexity index is 741. The van der Waals surface area contributed by atoms with Crippen molar-refractivity contribution in [3.63, 3.8) is 0 Å². The molecule has 0 bridgehead atoms. The molecule has 0 spiro atoms. The quantitative estimate of drug-likeness (QED) is 0.572. The fourth-order valence-electron chi connectivity index (χ4n) is 8.02. The van der Waals surface area contributed by atoms with Crippen molar-refractivity contribution in [1.29, 1.82) is 0 Å². The van der Waals surface area contributed by atoms with Crippen LogP contribution in [0.4, 0.5) is 0 Å². The molecule has 2 nitrogen and oxygen atoms in total. The molecule has 28 heavy (non-hydrogen) atoms. The van der Waals surface area contributed by atoms with Crippen molar-refractivity contribution in [1.82, 2.24) is 0 Å². The van der Waals surface area contributed by atoms with E-state index in [2.05, 4.69) is 26.8 Å². The molecular formula is C26H42O2. The first-order chi connectivity index (χ1) is 13.8. The SMILES string of the molecule is [2H]C1([2H])C[C@](C)(O)CC2=CC[C@H]3[C@@H]4CC[C@H]([C@H](C)CCC(C)=O)[C@@]4(C)CC[C@@H]3[C@]21C. The highest BCUT2D eigenvalue weighted by molar-refractivity contribution is 5.75. The molecule has 4 rings (SSSR count). The minimum absolute atomic E-state index is 0.240. The van der Waals surface area contributed by atoms with E-state index in [1.807, 2.05) is 0 Å². The highest BCUT2D eigenvalue weighted by Gasteiger charge is 2.59. The lowest BCUT2D eigenvalue weighted by atomic mass is 9.46. The van der Waals surface area contributed by atoms with Crippen LogP contribution in [0, 0.1) is 40.4 Å². The van der Waals surface area contributed by atoms with Crippen molar-refractivity contribution in [2.24, 2.45) is 40.4 Å². The third-order valence-corrected chi connectivity index (χ3v) is 9.60. The summed E-state index contributed by atoms with van der Waals surface area (Å²) in [6.45, 7) is 10.6. The minimum atomic E-state index is -1.37. The second-order valence-corrected chi connectivity index (χ2v) is 11.5. The van der Waals surface area contributed by atoms with E-state index in [4.69, 9.17) is 2.74 Å². The lowest BCUT2D eigenvalue weighted by Crippen LogP contribution is -2.52. The van der Waals surface area contributed by atoms with Gasteiger partial charge >= 0.3 is 0 Å². The summed E-state index contributed by atoms with van der Waals surface area (Å²) in [5.41, 5.74) is 0.122. The van der Waals surface area contributed by atoms with E-state index >= 15 is 0 Å². The molecule has 1 N–H and O–H groups in total. The number of rotatable bonds is 4. The Balaban J connectivity index is 1.61. The summed E-state index contributed by atoms with van der Waals surface area (Å²) >= 11 is 0. The van der Waals surface area contributed by atoms with E-state index in [1.54, 1.807) is 13.8 Å². The van der Waals surface area contributed by atoms with Gasteiger partial charge in [-0.3, -0.25) is 0 Å². The number of fused-ring (bicyclic) bond motifs is 5. The van der Waals surface area contributed by atoms with Gasteiger partial charge in [0.25, 0.3) is 0 Å². The van der Waals surface area contributed by atoms with Gasteiger partial charge in [-0.1, -0.05) is 32.4 Å². The van der Waals surface area contributed by atoms with Crippen LogP contribution in [0.15, 0.2) is 11.6 Å². The van der Waals surface area contributed by atoms with Gasteiger partial charge in [0.15, 0.2) is 0 Å². The normalized spacial score (nSPS) is 51.7. The van der Waals surface area contributed by atoms with Gasteiger partial charge in [0.05, 0.1) is 5.60 Å². The average Bonchev–Trinajstić information content (AvgIpc) is 2.97. The molecule has 158 valence electrons. The van der Waals surface area contributed by atoms with E-state index in [1.165, 1.54) is 24.8 Å². The molecule has 8 atom stereocenters. The molecule has 0 saturated heterocycles. The molecule has 0 aromatic heterocycles. The zero-order valence-corrected chi connectivity index (χ0v) is 18.7. The number of carbonyl (C=O) groups is 1. The van der Waals surface area contributed by atoms with Crippen LogP contribution in [0.2, 0.25) is 0 Å². The Morgan fingerprint density at radius 1 is 1.25 bits per heavy atom. The number of carbonyl (C=O) groups excluding carboxylic acids is 1. The maximum atomic E-state index is 11.5. The van der Waals surface area contributed by atoms with Crippen LogP contribution in [0.25, 0.3) is 0 Å². The molecule has 3 fully saturated rings. The average molecular weight is 389 g/mol. The van der Waals surface area contributed by atoms with E-state index in [0.717, 1.165) is 19.3 Å². The number of allylic oxidation sites excluding steroid dienone is 1. The van der Waals surface area contributed by atoms with Crippen LogP contribution in [-0.4, -0.2) is 16.5 Å². The Kier molecular flexibility index (Phi) is 4.52. The van der Waals surface area contributed by atoms with Gasteiger partial charge in [0.2, 0.25) is 0 Å². The lowest BCUT2D eigenvalue weighted by Gasteiger charge is -2.59. The van der Waals surface area contributed by atoms with Crippen LogP contribution in [-0.2, 0) is 4.79 Å². The van der Waals surface area contributed by atoms with Crippen LogP contribution < -0.4 is 0 Å². The second-order valence-electron chi connectivity index (χ2n) is 11.5. The maximum absolute atomic E-state index is 11.5. The zero-order chi connectivity index (χ0) is 22.1. The minimum Gasteiger partial charge on any atom is -0.390 e. The molecule has 0 aliphatic heterocycles. The van der Waals surface area contributed by atoms with E-state index in [9.17, 15) is 9.90 Å². The maximum Gasteiger partial charge on any atom is 0.129 e. The molecule has 0 amide bonds. The molecule has 0 aromatic carbocycles. The van der Waals surface area contributed by atoms with Gasteiger partial charge in [-0.25, -0.2) is 0 Å². The van der Waals surface area contributed by atoms with Crippen molar-refractivity contribution in [2.45, 2.75) is 104 Å². The number of aliphatic hydroxyl groups is 1. The van der Waals surface area contributed by atoms with Crippen molar-refractivity contribution in [3.05, 3.63) is 11.6 Å². The Labute approximate surface area is 175 Å². The van der Waals surface area contributed by atoms with Crippen LogP contribution in [0.5, 0.6) is 0 Å². The standard InChI is InChI=1S/C26H42O2/c1-17(6-7-18(2)27)21-10-11-22-20-9-8-19-16-24(3,28)14-15-25(19,4)23(20)12-13-26(21,22)5/h8,17,20-23,28H,6-7,9-16H2,1-5H3/t17-,20+,21-,22+,23+,24+,25+,26-/m1/s1/i15D2. The molecule has 0 unspecified atom stereocenters. The summed E-state index contributed by atoms with van der Waals surface area (Å²) in [6.07, 6.45) is 9.39. The van der Waals surface area contributed by atoms with Crippen molar-refractivity contribution in [2.75, 3.05) is 0 Å².